The van der Waals surface area contributed by atoms with Crippen molar-refractivity contribution < 1.29 is 19.1 Å². The van der Waals surface area contributed by atoms with Gasteiger partial charge in [-0.15, -0.1) is 0 Å². The molecule has 3 rings (SSSR count). The van der Waals surface area contributed by atoms with E-state index in [0.29, 0.717) is 24.4 Å². The van der Waals surface area contributed by atoms with Crippen LogP contribution >= 0.6 is 0 Å². The quantitative estimate of drug-likeness (QED) is 0.737. The van der Waals surface area contributed by atoms with E-state index in [1.54, 1.807) is 25.5 Å². The van der Waals surface area contributed by atoms with Crippen LogP contribution in [0, 0.1) is 0 Å². The first-order chi connectivity index (χ1) is 11.2. The molecule has 0 saturated carbocycles. The van der Waals surface area contributed by atoms with E-state index < -0.39 is 6.10 Å². The summed E-state index contributed by atoms with van der Waals surface area (Å²) in [6, 6.07) is 3.68. The van der Waals surface area contributed by atoms with Crippen LogP contribution < -0.4 is 5.32 Å². The number of ether oxygens (including phenoxy) is 1. The second kappa shape index (κ2) is 7.16. The number of furan rings is 1. The third-order valence-corrected chi connectivity index (χ3v) is 4.24. The number of hydrogen-bond acceptors (Lipinski definition) is 5. The van der Waals surface area contributed by atoms with Gasteiger partial charge >= 0.3 is 0 Å². The van der Waals surface area contributed by atoms with E-state index in [-0.39, 0.29) is 11.9 Å². The van der Waals surface area contributed by atoms with Crippen LogP contribution in [0.4, 0.5) is 0 Å². The number of carbonyl (C=O) groups is 1. The van der Waals surface area contributed by atoms with Crippen molar-refractivity contribution in [1.29, 1.82) is 0 Å². The number of β-amino-alcohol motifs (C(OH)–C–C–N with tert-alkyl or cyclic N) is 1. The van der Waals surface area contributed by atoms with Gasteiger partial charge in [-0.3, -0.25) is 4.79 Å². The molecular weight excluding hydrogens is 298 g/mol. The van der Waals surface area contributed by atoms with Gasteiger partial charge in [0.1, 0.15) is 5.69 Å². The normalized spacial score (nSPS) is 18.3. The van der Waals surface area contributed by atoms with E-state index in [2.05, 4.69) is 15.2 Å². The Balaban J connectivity index is 1.46. The third-order valence-electron chi connectivity index (χ3n) is 4.24. The maximum atomic E-state index is 12.3. The predicted octanol–water partition coefficient (Wildman–Crippen LogP) is 0.962. The highest BCUT2D eigenvalue weighted by molar-refractivity contribution is 5.96. The zero-order chi connectivity index (χ0) is 16.2. The summed E-state index contributed by atoms with van der Waals surface area (Å²) in [5.41, 5.74) is 2.05. The number of likely N-dealkylation sites (tertiary alicyclic amines) is 1. The molecule has 0 aromatic carbocycles. The monoisotopic (exact) mass is 321 g/mol. The lowest BCUT2D eigenvalue weighted by atomic mass is 10.0. The molecule has 0 bridgehead atoms. The van der Waals surface area contributed by atoms with E-state index in [1.807, 2.05) is 0 Å². The summed E-state index contributed by atoms with van der Waals surface area (Å²) < 4.78 is 10.2. The van der Waals surface area contributed by atoms with Crippen molar-refractivity contribution in [2.75, 3.05) is 33.4 Å². The smallest absolute Gasteiger partial charge is 0.268 e. The van der Waals surface area contributed by atoms with Crippen molar-refractivity contribution >= 4 is 17.0 Å². The van der Waals surface area contributed by atoms with Gasteiger partial charge in [-0.1, -0.05) is 0 Å². The lowest BCUT2D eigenvalue weighted by molar-refractivity contribution is 0.0309. The van der Waals surface area contributed by atoms with Gasteiger partial charge in [0.25, 0.3) is 5.91 Å². The molecule has 3 heterocycles. The molecule has 2 aromatic heterocycles. The van der Waals surface area contributed by atoms with Crippen molar-refractivity contribution in [1.82, 2.24) is 15.2 Å². The minimum absolute atomic E-state index is 0.103. The van der Waals surface area contributed by atoms with Gasteiger partial charge in [0.05, 0.1) is 24.5 Å². The Morgan fingerprint density at radius 2 is 2.35 bits per heavy atom. The van der Waals surface area contributed by atoms with E-state index in [0.717, 1.165) is 31.4 Å². The standard InChI is InChI=1S/C16H23N3O4/c1-22-10-12(20)9-19-5-2-11(3-6-19)17-16(21)14-8-15-13(18-14)4-7-23-15/h4,7-8,11-12,18,20H,2-3,5-6,9-10H2,1H3,(H,17,21). The number of piperidine rings is 1. The van der Waals surface area contributed by atoms with Gasteiger partial charge in [0.2, 0.25) is 0 Å². The van der Waals surface area contributed by atoms with Crippen LogP contribution in [0.2, 0.25) is 0 Å². The Bertz CT molecular complexity index is 614. The molecule has 7 heteroatoms. The fourth-order valence-electron chi connectivity index (χ4n) is 3.04. The van der Waals surface area contributed by atoms with Gasteiger partial charge in [-0.25, -0.2) is 0 Å². The number of hydrogen-bond donors (Lipinski definition) is 3. The Kier molecular flexibility index (Phi) is 5.00. The number of methoxy groups -OCH3 is 1. The number of nitrogens with one attached hydrogen (secondary N) is 2. The molecule has 126 valence electrons. The number of H-pyrrole nitrogens is 1. The molecule has 1 saturated heterocycles. The van der Waals surface area contributed by atoms with Crippen LogP contribution in [-0.2, 0) is 4.74 Å². The van der Waals surface area contributed by atoms with Crippen molar-refractivity contribution in [2.24, 2.45) is 0 Å². The number of amides is 1. The van der Waals surface area contributed by atoms with Crippen LogP contribution in [0.1, 0.15) is 23.3 Å². The van der Waals surface area contributed by atoms with Crippen LogP contribution in [0.5, 0.6) is 0 Å². The molecule has 1 aliphatic rings. The number of nitrogens with zero attached hydrogens (tertiary/aromatic N) is 1. The Labute approximate surface area is 134 Å². The van der Waals surface area contributed by atoms with Crippen LogP contribution in [0.3, 0.4) is 0 Å². The van der Waals surface area contributed by atoms with Crippen LogP contribution in [0.15, 0.2) is 22.8 Å². The first-order valence-electron chi connectivity index (χ1n) is 7.92. The highest BCUT2D eigenvalue weighted by Crippen LogP contribution is 2.17. The van der Waals surface area contributed by atoms with Gasteiger partial charge in [-0.2, -0.15) is 0 Å². The molecule has 1 atom stereocenters. The molecular formula is C16H23N3O4. The van der Waals surface area contributed by atoms with Gasteiger partial charge in [-0.05, 0) is 12.8 Å². The second-order valence-electron chi connectivity index (χ2n) is 6.04. The number of rotatable bonds is 6. The number of aliphatic hydroxyl groups is 1. The van der Waals surface area contributed by atoms with Gasteiger partial charge in [0.15, 0.2) is 5.58 Å². The number of aromatic nitrogens is 1. The van der Waals surface area contributed by atoms with Gasteiger partial charge < -0.3 is 29.5 Å². The van der Waals surface area contributed by atoms with Crippen LogP contribution in [-0.4, -0.2) is 66.4 Å². The van der Waals surface area contributed by atoms with Crippen molar-refractivity contribution in [2.45, 2.75) is 25.0 Å². The second-order valence-corrected chi connectivity index (χ2v) is 6.04. The number of aliphatic hydroxyl groups excluding tert-OH is 1. The zero-order valence-corrected chi connectivity index (χ0v) is 13.2. The fraction of sp³-hybridized carbons (Fsp3) is 0.562. The number of fused-ring (bicyclic) bond motifs is 1. The summed E-state index contributed by atoms with van der Waals surface area (Å²) in [4.78, 5) is 17.5. The first kappa shape index (κ1) is 16.0. The third kappa shape index (κ3) is 3.93. The van der Waals surface area contributed by atoms with E-state index >= 15 is 0 Å². The molecule has 7 nitrogen and oxygen atoms in total. The molecule has 2 aromatic rings. The minimum Gasteiger partial charge on any atom is -0.463 e. The summed E-state index contributed by atoms with van der Waals surface area (Å²) in [7, 11) is 1.59. The predicted molar refractivity (Wildman–Crippen MR) is 85.4 cm³/mol. The lowest BCUT2D eigenvalue weighted by Gasteiger charge is -2.33. The molecule has 1 amide bonds. The Morgan fingerprint density at radius 3 is 3.04 bits per heavy atom. The zero-order valence-electron chi connectivity index (χ0n) is 13.2. The number of carbonyl (C=O) groups excluding carboxylic acids is 1. The Morgan fingerprint density at radius 1 is 1.57 bits per heavy atom. The SMILES string of the molecule is COCC(O)CN1CCC(NC(=O)c2cc3occc3[nH]2)CC1. The highest BCUT2D eigenvalue weighted by Gasteiger charge is 2.23. The van der Waals surface area contributed by atoms with E-state index in [1.165, 1.54) is 0 Å². The average molecular weight is 321 g/mol. The van der Waals surface area contributed by atoms with Crippen molar-refractivity contribution in [3.8, 4) is 0 Å². The fourth-order valence-corrected chi connectivity index (χ4v) is 3.04. The molecule has 23 heavy (non-hydrogen) atoms. The summed E-state index contributed by atoms with van der Waals surface area (Å²) in [6.07, 6.45) is 2.89. The molecule has 3 N–H and O–H groups in total. The van der Waals surface area contributed by atoms with Gasteiger partial charge in [0, 0.05) is 44.9 Å². The molecule has 1 unspecified atom stereocenters. The summed E-state index contributed by atoms with van der Waals surface area (Å²) in [5.74, 6) is -0.103. The number of aromatic amines is 1. The molecule has 0 spiro atoms. The maximum absolute atomic E-state index is 12.3. The Hall–Kier alpha value is -1.83. The topological polar surface area (TPSA) is 90.7 Å². The molecule has 0 radical (unpaired) electrons. The largest absolute Gasteiger partial charge is 0.463 e. The molecule has 1 fully saturated rings. The maximum Gasteiger partial charge on any atom is 0.268 e. The van der Waals surface area contributed by atoms with E-state index in [9.17, 15) is 9.90 Å². The lowest BCUT2D eigenvalue weighted by Crippen LogP contribution is -2.47. The molecule has 0 aliphatic carbocycles. The van der Waals surface area contributed by atoms with E-state index in [4.69, 9.17) is 9.15 Å². The highest BCUT2D eigenvalue weighted by atomic mass is 16.5. The average Bonchev–Trinajstić information content (AvgIpc) is 3.11. The summed E-state index contributed by atoms with van der Waals surface area (Å²) in [6.45, 7) is 2.68. The minimum atomic E-state index is -0.458. The molecule has 1 aliphatic heterocycles. The first-order valence-corrected chi connectivity index (χ1v) is 7.92. The van der Waals surface area contributed by atoms with Crippen molar-refractivity contribution in [3.05, 3.63) is 24.1 Å². The summed E-state index contributed by atoms with van der Waals surface area (Å²) >= 11 is 0. The summed E-state index contributed by atoms with van der Waals surface area (Å²) in [5, 5.41) is 12.8. The van der Waals surface area contributed by atoms with Crippen LogP contribution in [0.25, 0.3) is 11.1 Å². The van der Waals surface area contributed by atoms with Crippen molar-refractivity contribution in [3.63, 3.8) is 0 Å².